The molecule has 0 spiro atoms. The lowest BCUT2D eigenvalue weighted by molar-refractivity contribution is 0.757. The fourth-order valence-electron chi connectivity index (χ4n) is 1.50. The smallest absolute Gasteiger partial charge is 0.191 e. The largest absolute Gasteiger partial charge is 0.357 e. The summed E-state index contributed by atoms with van der Waals surface area (Å²) in [4.78, 5) is 4.63. The molecule has 0 aromatic carbocycles. The topological polar surface area (TPSA) is 36.4 Å². The maximum absolute atomic E-state index is 4.63. The summed E-state index contributed by atoms with van der Waals surface area (Å²) in [6, 6.07) is 2.18. The normalized spacial score (nSPS) is 12.7. The van der Waals surface area contributed by atoms with Crippen molar-refractivity contribution in [2.24, 2.45) is 4.99 Å². The third kappa shape index (κ3) is 8.04. The van der Waals surface area contributed by atoms with Crippen molar-refractivity contribution in [1.29, 1.82) is 0 Å². The fraction of sp³-hybridized carbons (Fsp3) is 0.615. The van der Waals surface area contributed by atoms with Gasteiger partial charge in [0.15, 0.2) is 5.96 Å². The highest BCUT2D eigenvalue weighted by molar-refractivity contribution is 14.0. The summed E-state index contributed by atoms with van der Waals surface area (Å²) in [6.07, 6.45) is 2.12. The lowest BCUT2D eigenvalue weighted by atomic mass is 10.1. The zero-order valence-corrected chi connectivity index (χ0v) is 15.8. The van der Waals surface area contributed by atoms with Crippen molar-refractivity contribution >= 4 is 53.0 Å². The van der Waals surface area contributed by atoms with Gasteiger partial charge in [0, 0.05) is 31.3 Å². The fourth-order valence-corrected chi connectivity index (χ4v) is 2.59. The molecule has 0 aliphatic carbocycles. The molecule has 3 nitrogen and oxygen atoms in total. The summed E-state index contributed by atoms with van der Waals surface area (Å²) in [7, 11) is 0. The monoisotopic (exact) mass is 413 g/mol. The molecular formula is C13H24IN3S2. The van der Waals surface area contributed by atoms with Crippen LogP contribution in [0.4, 0.5) is 0 Å². The van der Waals surface area contributed by atoms with Gasteiger partial charge in [0.1, 0.15) is 0 Å². The van der Waals surface area contributed by atoms with Crippen molar-refractivity contribution < 1.29 is 0 Å². The lowest BCUT2D eigenvalue weighted by Gasteiger charge is -2.12. The molecule has 0 aliphatic heterocycles. The van der Waals surface area contributed by atoms with Crippen molar-refractivity contribution in [2.45, 2.75) is 19.8 Å². The van der Waals surface area contributed by atoms with Crippen molar-refractivity contribution in [3.63, 3.8) is 0 Å². The van der Waals surface area contributed by atoms with Crippen LogP contribution in [0.15, 0.2) is 21.8 Å². The van der Waals surface area contributed by atoms with Gasteiger partial charge < -0.3 is 10.6 Å². The third-order valence-electron chi connectivity index (χ3n) is 2.58. The Morgan fingerprint density at radius 2 is 2.26 bits per heavy atom. The highest BCUT2D eigenvalue weighted by atomic mass is 127. The summed E-state index contributed by atoms with van der Waals surface area (Å²) in [6.45, 7) is 6.99. The number of thioether (sulfide) groups is 1. The molecule has 1 aromatic rings. The van der Waals surface area contributed by atoms with Crippen LogP contribution in [0.25, 0.3) is 0 Å². The molecule has 0 amide bonds. The highest BCUT2D eigenvalue weighted by Gasteiger charge is 2.05. The molecule has 0 saturated carbocycles. The SMILES string of the molecule is CCNC(=NCC(C)c1ccsc1)NCCSC.I. The van der Waals surface area contributed by atoms with E-state index in [0.29, 0.717) is 5.92 Å². The van der Waals surface area contributed by atoms with Gasteiger partial charge in [-0.05, 0) is 35.6 Å². The van der Waals surface area contributed by atoms with E-state index in [0.717, 1.165) is 31.3 Å². The number of thiophene rings is 1. The molecule has 1 heterocycles. The first-order valence-corrected chi connectivity index (χ1v) is 8.64. The predicted octanol–water partition coefficient (Wildman–Crippen LogP) is 3.39. The van der Waals surface area contributed by atoms with Crippen molar-refractivity contribution in [3.8, 4) is 0 Å². The molecular weight excluding hydrogens is 389 g/mol. The van der Waals surface area contributed by atoms with Crippen LogP contribution in [0.1, 0.15) is 25.3 Å². The standard InChI is InChI=1S/C13H23N3S2.HI/c1-4-14-13(15-6-8-17-3)16-9-11(2)12-5-7-18-10-12;/h5,7,10-11H,4,6,8-9H2,1-3H3,(H2,14,15,16);1H. The van der Waals surface area contributed by atoms with E-state index in [1.165, 1.54) is 5.56 Å². The molecule has 0 bridgehead atoms. The maximum Gasteiger partial charge on any atom is 0.191 e. The van der Waals surface area contributed by atoms with E-state index in [1.54, 1.807) is 11.3 Å². The Morgan fingerprint density at radius 3 is 2.84 bits per heavy atom. The average molecular weight is 413 g/mol. The Bertz CT molecular complexity index is 342. The average Bonchev–Trinajstić information content (AvgIpc) is 2.89. The van der Waals surface area contributed by atoms with Gasteiger partial charge in [-0.3, -0.25) is 4.99 Å². The zero-order chi connectivity index (χ0) is 13.2. The lowest BCUT2D eigenvalue weighted by Crippen LogP contribution is -2.38. The number of hydrogen-bond acceptors (Lipinski definition) is 3. The summed E-state index contributed by atoms with van der Waals surface area (Å²) >= 11 is 3.59. The van der Waals surface area contributed by atoms with Crippen molar-refractivity contribution in [3.05, 3.63) is 22.4 Å². The van der Waals surface area contributed by atoms with Crippen LogP contribution in [0.3, 0.4) is 0 Å². The molecule has 2 N–H and O–H groups in total. The minimum atomic E-state index is 0. The van der Waals surface area contributed by atoms with Crippen LogP contribution >= 0.6 is 47.1 Å². The first kappa shape index (κ1) is 19.1. The molecule has 1 aromatic heterocycles. The van der Waals surface area contributed by atoms with E-state index >= 15 is 0 Å². The molecule has 19 heavy (non-hydrogen) atoms. The van der Waals surface area contributed by atoms with E-state index in [9.17, 15) is 0 Å². The second kappa shape index (κ2) is 11.8. The number of rotatable bonds is 7. The van der Waals surface area contributed by atoms with Gasteiger partial charge in [-0.15, -0.1) is 24.0 Å². The van der Waals surface area contributed by atoms with Gasteiger partial charge in [-0.25, -0.2) is 0 Å². The van der Waals surface area contributed by atoms with E-state index in [4.69, 9.17) is 0 Å². The highest BCUT2D eigenvalue weighted by Crippen LogP contribution is 2.18. The Kier molecular flexibility index (Phi) is 11.9. The van der Waals surface area contributed by atoms with Crippen LogP contribution in [-0.2, 0) is 0 Å². The van der Waals surface area contributed by atoms with E-state index in [1.807, 2.05) is 11.8 Å². The van der Waals surface area contributed by atoms with E-state index in [-0.39, 0.29) is 24.0 Å². The van der Waals surface area contributed by atoms with Gasteiger partial charge >= 0.3 is 0 Å². The number of halogens is 1. The Morgan fingerprint density at radius 1 is 1.47 bits per heavy atom. The second-order valence-corrected chi connectivity index (χ2v) is 5.86. The first-order chi connectivity index (χ1) is 8.77. The van der Waals surface area contributed by atoms with Crippen LogP contribution in [0, 0.1) is 0 Å². The molecule has 6 heteroatoms. The van der Waals surface area contributed by atoms with Crippen molar-refractivity contribution in [1.82, 2.24) is 10.6 Å². The molecule has 1 unspecified atom stereocenters. The maximum atomic E-state index is 4.63. The number of nitrogens with zero attached hydrogens (tertiary/aromatic N) is 1. The second-order valence-electron chi connectivity index (χ2n) is 4.10. The first-order valence-electron chi connectivity index (χ1n) is 6.31. The van der Waals surface area contributed by atoms with Gasteiger partial charge in [0.2, 0.25) is 0 Å². The molecule has 0 radical (unpaired) electrons. The van der Waals surface area contributed by atoms with Gasteiger partial charge in [0.25, 0.3) is 0 Å². The van der Waals surface area contributed by atoms with Crippen LogP contribution in [0.5, 0.6) is 0 Å². The minimum absolute atomic E-state index is 0. The molecule has 1 rings (SSSR count). The van der Waals surface area contributed by atoms with Crippen LogP contribution < -0.4 is 10.6 Å². The molecule has 0 saturated heterocycles. The van der Waals surface area contributed by atoms with Crippen LogP contribution in [0.2, 0.25) is 0 Å². The number of aliphatic imine (C=N–C) groups is 1. The minimum Gasteiger partial charge on any atom is -0.357 e. The van der Waals surface area contributed by atoms with Crippen LogP contribution in [-0.4, -0.2) is 37.6 Å². The number of guanidine groups is 1. The zero-order valence-electron chi connectivity index (χ0n) is 11.8. The summed E-state index contributed by atoms with van der Waals surface area (Å²) < 4.78 is 0. The number of nitrogens with one attached hydrogen (secondary N) is 2. The van der Waals surface area contributed by atoms with Gasteiger partial charge in [0.05, 0.1) is 0 Å². The van der Waals surface area contributed by atoms with Crippen molar-refractivity contribution in [2.75, 3.05) is 31.6 Å². The predicted molar refractivity (Wildman–Crippen MR) is 101 cm³/mol. The van der Waals surface area contributed by atoms with Gasteiger partial charge in [-0.1, -0.05) is 6.92 Å². The molecule has 0 aliphatic rings. The summed E-state index contributed by atoms with van der Waals surface area (Å²) in [5.74, 6) is 2.51. The molecule has 0 fully saturated rings. The Hall–Kier alpha value is 0.0500. The molecule has 110 valence electrons. The quantitative estimate of drug-likeness (QED) is 0.312. The van der Waals surface area contributed by atoms with Gasteiger partial charge in [-0.2, -0.15) is 23.1 Å². The van der Waals surface area contributed by atoms with E-state index in [2.05, 4.69) is 52.6 Å². The third-order valence-corrected chi connectivity index (χ3v) is 3.89. The summed E-state index contributed by atoms with van der Waals surface area (Å²) in [5, 5.41) is 10.9. The summed E-state index contributed by atoms with van der Waals surface area (Å²) in [5.41, 5.74) is 1.38. The Labute approximate surface area is 142 Å². The van der Waals surface area contributed by atoms with E-state index < -0.39 is 0 Å². The number of hydrogen-bond donors (Lipinski definition) is 2. The Balaban J connectivity index is 0.00000324. The molecule has 1 atom stereocenters.